The third-order valence-electron chi connectivity index (χ3n) is 3.26. The lowest BCUT2D eigenvalue weighted by Crippen LogP contribution is -2.38. The second-order valence-electron chi connectivity index (χ2n) is 4.66. The zero-order valence-electron chi connectivity index (χ0n) is 11.2. The van der Waals surface area contributed by atoms with Crippen molar-refractivity contribution < 1.29 is 9.47 Å². The Hall–Kier alpha value is -1.06. The lowest BCUT2D eigenvalue weighted by molar-refractivity contribution is 0.0322. The van der Waals surface area contributed by atoms with E-state index in [0.29, 0.717) is 0 Å². The highest BCUT2D eigenvalue weighted by molar-refractivity contribution is 5.33. The highest BCUT2D eigenvalue weighted by Crippen LogP contribution is 2.19. The number of morpholine rings is 1. The predicted molar refractivity (Wildman–Crippen MR) is 73.2 cm³/mol. The summed E-state index contributed by atoms with van der Waals surface area (Å²) in [4.78, 5) is 2.39. The van der Waals surface area contributed by atoms with Crippen molar-refractivity contribution in [2.24, 2.45) is 0 Å². The van der Waals surface area contributed by atoms with E-state index in [9.17, 15) is 0 Å². The van der Waals surface area contributed by atoms with Crippen LogP contribution < -0.4 is 4.74 Å². The first kappa shape index (κ1) is 13.4. The summed E-state index contributed by atoms with van der Waals surface area (Å²) in [6.45, 7) is 7.72. The van der Waals surface area contributed by atoms with Gasteiger partial charge in [-0.3, -0.25) is 4.90 Å². The highest BCUT2D eigenvalue weighted by Gasteiger charge is 2.10. The fraction of sp³-hybridized carbons (Fsp3) is 0.600. The smallest absolute Gasteiger partial charge is 0.122 e. The zero-order chi connectivity index (χ0) is 12.6. The SMILES string of the molecule is CCCc1ccccc1OCCN1CCOCC1. The molecule has 1 aliphatic heterocycles. The molecule has 1 aromatic carbocycles. The summed E-state index contributed by atoms with van der Waals surface area (Å²) in [7, 11) is 0. The molecule has 1 aliphatic rings. The number of hydrogen-bond donors (Lipinski definition) is 0. The van der Waals surface area contributed by atoms with E-state index >= 15 is 0 Å². The number of nitrogens with zero attached hydrogens (tertiary/aromatic N) is 1. The van der Waals surface area contributed by atoms with Crippen LogP contribution in [0.4, 0.5) is 0 Å². The van der Waals surface area contributed by atoms with Crippen molar-refractivity contribution in [1.29, 1.82) is 0 Å². The lowest BCUT2D eigenvalue weighted by atomic mass is 10.1. The molecule has 0 bridgehead atoms. The third kappa shape index (κ3) is 4.00. The Bertz CT molecular complexity index is 348. The first-order valence-electron chi connectivity index (χ1n) is 6.91. The molecule has 0 radical (unpaired) electrons. The first-order valence-corrected chi connectivity index (χ1v) is 6.91. The summed E-state index contributed by atoms with van der Waals surface area (Å²) >= 11 is 0. The Morgan fingerprint density at radius 2 is 2.00 bits per heavy atom. The minimum Gasteiger partial charge on any atom is -0.492 e. The van der Waals surface area contributed by atoms with Crippen LogP contribution in [0.25, 0.3) is 0 Å². The molecule has 1 aromatic rings. The monoisotopic (exact) mass is 249 g/mol. The lowest BCUT2D eigenvalue weighted by Gasteiger charge is -2.26. The molecule has 0 aromatic heterocycles. The van der Waals surface area contributed by atoms with Crippen molar-refractivity contribution in [1.82, 2.24) is 4.90 Å². The average molecular weight is 249 g/mol. The van der Waals surface area contributed by atoms with E-state index in [1.54, 1.807) is 0 Å². The van der Waals surface area contributed by atoms with Crippen molar-refractivity contribution in [2.45, 2.75) is 19.8 Å². The van der Waals surface area contributed by atoms with Gasteiger partial charge >= 0.3 is 0 Å². The summed E-state index contributed by atoms with van der Waals surface area (Å²) in [5.74, 6) is 1.05. The molecule has 1 saturated heterocycles. The van der Waals surface area contributed by atoms with Crippen molar-refractivity contribution in [3.63, 3.8) is 0 Å². The molecule has 0 amide bonds. The van der Waals surface area contributed by atoms with Crippen LogP contribution in [0.3, 0.4) is 0 Å². The van der Waals surface area contributed by atoms with E-state index < -0.39 is 0 Å². The van der Waals surface area contributed by atoms with Crippen molar-refractivity contribution in [3.05, 3.63) is 29.8 Å². The minimum atomic E-state index is 0.765. The summed E-state index contributed by atoms with van der Waals surface area (Å²) in [6.07, 6.45) is 2.25. The average Bonchev–Trinajstić information content (AvgIpc) is 2.42. The molecule has 3 heteroatoms. The quantitative estimate of drug-likeness (QED) is 0.772. The fourth-order valence-corrected chi connectivity index (χ4v) is 2.23. The van der Waals surface area contributed by atoms with Gasteiger partial charge in [-0.1, -0.05) is 31.5 Å². The van der Waals surface area contributed by atoms with Gasteiger partial charge in [-0.2, -0.15) is 0 Å². The Labute approximate surface area is 110 Å². The van der Waals surface area contributed by atoms with Gasteiger partial charge in [0.1, 0.15) is 12.4 Å². The molecule has 0 spiro atoms. The number of ether oxygens (including phenoxy) is 2. The van der Waals surface area contributed by atoms with E-state index in [1.807, 2.05) is 6.07 Å². The molecule has 0 N–H and O–H groups in total. The van der Waals surface area contributed by atoms with Crippen LogP contribution in [0.2, 0.25) is 0 Å². The van der Waals surface area contributed by atoms with Crippen LogP contribution in [-0.2, 0) is 11.2 Å². The summed E-state index contributed by atoms with van der Waals surface area (Å²) < 4.78 is 11.2. The van der Waals surface area contributed by atoms with Crippen LogP contribution >= 0.6 is 0 Å². The second-order valence-corrected chi connectivity index (χ2v) is 4.66. The van der Waals surface area contributed by atoms with Crippen LogP contribution in [-0.4, -0.2) is 44.4 Å². The van der Waals surface area contributed by atoms with Gasteiger partial charge in [0.25, 0.3) is 0 Å². The minimum absolute atomic E-state index is 0.765. The van der Waals surface area contributed by atoms with Gasteiger partial charge < -0.3 is 9.47 Å². The van der Waals surface area contributed by atoms with Gasteiger partial charge in [0.15, 0.2) is 0 Å². The molecule has 1 heterocycles. The normalized spacial score (nSPS) is 16.7. The van der Waals surface area contributed by atoms with Gasteiger partial charge in [0, 0.05) is 19.6 Å². The first-order chi connectivity index (χ1) is 8.90. The Morgan fingerprint density at radius 3 is 2.78 bits per heavy atom. The Kier molecular flexibility index (Phi) is 5.49. The maximum absolute atomic E-state index is 5.91. The molecule has 0 atom stereocenters. The van der Waals surface area contributed by atoms with E-state index in [0.717, 1.165) is 58.0 Å². The highest BCUT2D eigenvalue weighted by atomic mass is 16.5. The molecule has 100 valence electrons. The van der Waals surface area contributed by atoms with Gasteiger partial charge in [-0.05, 0) is 18.1 Å². The number of rotatable bonds is 6. The van der Waals surface area contributed by atoms with Gasteiger partial charge in [0.05, 0.1) is 13.2 Å². The molecule has 0 unspecified atom stereocenters. The Morgan fingerprint density at radius 1 is 1.22 bits per heavy atom. The van der Waals surface area contributed by atoms with Crippen LogP contribution in [0, 0.1) is 0 Å². The number of aryl methyl sites for hydroxylation is 1. The topological polar surface area (TPSA) is 21.7 Å². The van der Waals surface area contributed by atoms with Crippen molar-refractivity contribution in [3.8, 4) is 5.75 Å². The van der Waals surface area contributed by atoms with E-state index in [-0.39, 0.29) is 0 Å². The fourth-order valence-electron chi connectivity index (χ4n) is 2.23. The largest absolute Gasteiger partial charge is 0.492 e. The molecule has 2 rings (SSSR count). The van der Waals surface area contributed by atoms with Crippen LogP contribution in [0.1, 0.15) is 18.9 Å². The maximum Gasteiger partial charge on any atom is 0.122 e. The number of hydrogen-bond acceptors (Lipinski definition) is 3. The zero-order valence-corrected chi connectivity index (χ0v) is 11.2. The van der Waals surface area contributed by atoms with Crippen molar-refractivity contribution in [2.75, 3.05) is 39.5 Å². The summed E-state index contributed by atoms with van der Waals surface area (Å²) in [5, 5.41) is 0. The maximum atomic E-state index is 5.91. The predicted octanol–water partition coefficient (Wildman–Crippen LogP) is 2.35. The van der Waals surface area contributed by atoms with E-state index in [1.165, 1.54) is 5.56 Å². The summed E-state index contributed by atoms with van der Waals surface area (Å²) in [6, 6.07) is 8.36. The molecule has 0 aliphatic carbocycles. The van der Waals surface area contributed by atoms with E-state index in [2.05, 4.69) is 30.0 Å². The van der Waals surface area contributed by atoms with Gasteiger partial charge in [-0.15, -0.1) is 0 Å². The van der Waals surface area contributed by atoms with Crippen LogP contribution in [0.5, 0.6) is 5.75 Å². The summed E-state index contributed by atoms with van der Waals surface area (Å²) in [5.41, 5.74) is 1.32. The Balaban J connectivity index is 1.78. The molecular formula is C15H23NO2. The molecular weight excluding hydrogens is 226 g/mol. The number of benzene rings is 1. The van der Waals surface area contributed by atoms with Gasteiger partial charge in [-0.25, -0.2) is 0 Å². The molecule has 0 saturated carbocycles. The third-order valence-corrected chi connectivity index (χ3v) is 3.26. The molecule has 18 heavy (non-hydrogen) atoms. The molecule has 3 nitrogen and oxygen atoms in total. The molecule has 1 fully saturated rings. The number of para-hydroxylation sites is 1. The second kappa shape index (κ2) is 7.39. The standard InChI is InChI=1S/C15H23NO2/c1-2-5-14-6-3-4-7-15(14)18-13-10-16-8-11-17-12-9-16/h3-4,6-7H,2,5,8-13H2,1H3. The van der Waals surface area contributed by atoms with Crippen LogP contribution in [0.15, 0.2) is 24.3 Å². The van der Waals surface area contributed by atoms with Crippen molar-refractivity contribution >= 4 is 0 Å². The van der Waals surface area contributed by atoms with E-state index in [4.69, 9.17) is 9.47 Å². The van der Waals surface area contributed by atoms with Gasteiger partial charge in [0.2, 0.25) is 0 Å².